The van der Waals surface area contributed by atoms with Gasteiger partial charge in [-0.3, -0.25) is 9.59 Å². The minimum Gasteiger partial charge on any atom is -0.493 e. The van der Waals surface area contributed by atoms with Gasteiger partial charge in [0.25, 0.3) is 11.5 Å². The molecule has 0 fully saturated rings. The van der Waals surface area contributed by atoms with Crippen LogP contribution in [0.2, 0.25) is 0 Å². The van der Waals surface area contributed by atoms with Crippen molar-refractivity contribution in [3.63, 3.8) is 0 Å². The fourth-order valence-corrected chi connectivity index (χ4v) is 3.83. The molecule has 0 unspecified atom stereocenters. The van der Waals surface area contributed by atoms with Gasteiger partial charge in [-0.05, 0) is 48.2 Å². The van der Waals surface area contributed by atoms with Gasteiger partial charge in [-0.2, -0.15) is 10.2 Å². The van der Waals surface area contributed by atoms with Crippen molar-refractivity contribution in [1.29, 1.82) is 0 Å². The largest absolute Gasteiger partial charge is 0.493 e. The molecule has 1 amide bonds. The number of carbonyl (C=O) groups is 2. The highest BCUT2D eigenvalue weighted by atomic mass is 32.1. The molecule has 10 heteroatoms. The summed E-state index contributed by atoms with van der Waals surface area (Å²) in [6.07, 6.45) is 1.42. The van der Waals surface area contributed by atoms with E-state index >= 15 is 0 Å². The Bertz CT molecular complexity index is 1440. The Hall–Kier alpha value is -4.31. The Balaban J connectivity index is 1.51. The molecule has 2 aromatic heterocycles. The first-order chi connectivity index (χ1) is 16.5. The zero-order chi connectivity index (χ0) is 24.1. The van der Waals surface area contributed by atoms with Crippen molar-refractivity contribution in [2.45, 2.75) is 13.5 Å². The second kappa shape index (κ2) is 10.1. The lowest BCUT2D eigenvalue weighted by molar-refractivity contribution is 0.0734. The van der Waals surface area contributed by atoms with Gasteiger partial charge in [-0.25, -0.2) is 14.9 Å². The van der Waals surface area contributed by atoms with Crippen molar-refractivity contribution in [1.82, 2.24) is 15.2 Å². The summed E-state index contributed by atoms with van der Waals surface area (Å²) in [4.78, 5) is 37.9. The van der Waals surface area contributed by atoms with Crippen LogP contribution in [0.1, 0.15) is 32.6 Å². The van der Waals surface area contributed by atoms with Crippen molar-refractivity contribution >= 4 is 40.2 Å². The van der Waals surface area contributed by atoms with Gasteiger partial charge in [-0.15, -0.1) is 11.3 Å². The maximum Gasteiger partial charge on any atom is 0.353 e. The van der Waals surface area contributed by atoms with Crippen LogP contribution in [-0.2, 0) is 6.54 Å². The molecule has 0 bridgehead atoms. The van der Waals surface area contributed by atoms with Crippen molar-refractivity contribution in [3.05, 3.63) is 86.5 Å². The first kappa shape index (κ1) is 22.9. The minimum atomic E-state index is -0.553. The van der Waals surface area contributed by atoms with E-state index in [1.807, 2.05) is 0 Å². The number of esters is 1. The Kier molecular flexibility index (Phi) is 6.79. The molecular weight excluding hydrogens is 456 g/mol. The van der Waals surface area contributed by atoms with Crippen LogP contribution in [0.5, 0.6) is 11.5 Å². The standard InChI is InChI=1S/C24H20N4O5S/c1-3-28-23(30)17-8-5-4-7-16(17)21(27-28)22(29)26-25-14-15-10-11-18(19(13-15)32-2)33-24(31)20-9-6-12-34-20/h4-14H,3H2,1-2H3,(H,26,29)/b25-14+. The number of aromatic nitrogens is 2. The molecule has 9 nitrogen and oxygen atoms in total. The molecular formula is C24H20N4O5S. The lowest BCUT2D eigenvalue weighted by Crippen LogP contribution is -2.28. The van der Waals surface area contributed by atoms with Crippen LogP contribution in [0.15, 0.2) is 69.9 Å². The molecule has 0 aliphatic rings. The summed E-state index contributed by atoms with van der Waals surface area (Å²) in [6.45, 7) is 2.11. The van der Waals surface area contributed by atoms with Crippen LogP contribution >= 0.6 is 11.3 Å². The number of methoxy groups -OCH3 is 1. The van der Waals surface area contributed by atoms with Gasteiger partial charge in [0.2, 0.25) is 0 Å². The zero-order valence-corrected chi connectivity index (χ0v) is 19.2. The number of thiophene rings is 1. The van der Waals surface area contributed by atoms with Gasteiger partial charge in [0.05, 0.1) is 18.7 Å². The molecule has 172 valence electrons. The van der Waals surface area contributed by atoms with Gasteiger partial charge in [0, 0.05) is 11.9 Å². The first-order valence-electron chi connectivity index (χ1n) is 10.3. The first-order valence-corrected chi connectivity index (χ1v) is 11.2. The summed E-state index contributed by atoms with van der Waals surface area (Å²) in [5.41, 5.74) is 2.88. The topological polar surface area (TPSA) is 112 Å². The van der Waals surface area contributed by atoms with E-state index in [1.54, 1.807) is 66.9 Å². The third-order valence-electron chi connectivity index (χ3n) is 4.87. The van der Waals surface area contributed by atoms with Crippen molar-refractivity contribution in [2.24, 2.45) is 5.10 Å². The number of rotatable bonds is 7. The number of hydrogen-bond donors (Lipinski definition) is 1. The summed E-state index contributed by atoms with van der Waals surface area (Å²) in [5.74, 6) is -0.430. The van der Waals surface area contributed by atoms with E-state index in [4.69, 9.17) is 9.47 Å². The molecule has 0 atom stereocenters. The van der Waals surface area contributed by atoms with Gasteiger partial charge >= 0.3 is 5.97 Å². The number of nitrogens with one attached hydrogen (secondary N) is 1. The predicted octanol–water partition coefficient (Wildman–Crippen LogP) is 3.47. The fourth-order valence-electron chi connectivity index (χ4n) is 3.23. The molecule has 34 heavy (non-hydrogen) atoms. The predicted molar refractivity (Wildman–Crippen MR) is 129 cm³/mol. The highest BCUT2D eigenvalue weighted by Gasteiger charge is 2.16. The zero-order valence-electron chi connectivity index (χ0n) is 18.3. The van der Waals surface area contributed by atoms with Crippen LogP contribution in [0.4, 0.5) is 0 Å². The smallest absolute Gasteiger partial charge is 0.353 e. The molecule has 0 aliphatic carbocycles. The van der Waals surface area contributed by atoms with Crippen LogP contribution < -0.4 is 20.5 Å². The number of benzene rings is 2. The second-order valence-corrected chi connectivity index (χ2v) is 7.94. The third-order valence-corrected chi connectivity index (χ3v) is 5.72. The highest BCUT2D eigenvalue weighted by molar-refractivity contribution is 7.12. The molecule has 0 saturated heterocycles. The number of fused-ring (bicyclic) bond motifs is 1. The number of ether oxygens (including phenoxy) is 2. The lowest BCUT2D eigenvalue weighted by atomic mass is 10.1. The van der Waals surface area contributed by atoms with Crippen LogP contribution in [0.3, 0.4) is 0 Å². The number of aryl methyl sites for hydroxylation is 1. The van der Waals surface area contributed by atoms with E-state index in [1.165, 1.54) is 29.3 Å². The van der Waals surface area contributed by atoms with E-state index in [-0.39, 0.29) is 17.0 Å². The number of hydrazone groups is 1. The molecule has 4 rings (SSSR count). The Morgan fingerprint density at radius 2 is 1.91 bits per heavy atom. The van der Waals surface area contributed by atoms with E-state index in [9.17, 15) is 14.4 Å². The molecule has 2 heterocycles. The molecule has 0 spiro atoms. The van der Waals surface area contributed by atoms with Crippen molar-refractivity contribution in [2.75, 3.05) is 7.11 Å². The summed E-state index contributed by atoms with van der Waals surface area (Å²) in [7, 11) is 1.46. The normalized spacial score (nSPS) is 11.0. The van der Waals surface area contributed by atoms with Crippen LogP contribution in [-0.4, -0.2) is 35.0 Å². The molecule has 0 aliphatic heterocycles. The molecule has 4 aromatic rings. The van der Waals surface area contributed by atoms with E-state index in [2.05, 4.69) is 15.6 Å². The minimum absolute atomic E-state index is 0.0996. The molecule has 0 saturated carbocycles. The van der Waals surface area contributed by atoms with Gasteiger partial charge in [0.15, 0.2) is 17.2 Å². The van der Waals surface area contributed by atoms with Crippen LogP contribution in [0, 0.1) is 0 Å². The van der Waals surface area contributed by atoms with Crippen molar-refractivity contribution in [3.8, 4) is 11.5 Å². The maximum atomic E-state index is 12.8. The second-order valence-electron chi connectivity index (χ2n) is 6.99. The van der Waals surface area contributed by atoms with E-state index in [0.717, 1.165) is 0 Å². The Labute approximate surface area is 198 Å². The number of amides is 1. The SMILES string of the molecule is CCn1nc(C(=O)N/N=C/c2ccc(OC(=O)c3cccs3)c(OC)c2)c2ccccc2c1=O. The monoisotopic (exact) mass is 476 g/mol. The summed E-state index contributed by atoms with van der Waals surface area (Å²) < 4.78 is 12.0. The van der Waals surface area contributed by atoms with Crippen molar-refractivity contribution < 1.29 is 19.1 Å². The van der Waals surface area contributed by atoms with Gasteiger partial charge < -0.3 is 9.47 Å². The quantitative estimate of drug-likeness (QED) is 0.189. The summed E-state index contributed by atoms with van der Waals surface area (Å²) in [6, 6.07) is 15.1. The van der Waals surface area contributed by atoms with Gasteiger partial charge in [0.1, 0.15) is 4.88 Å². The maximum absolute atomic E-state index is 12.8. The fraction of sp³-hybridized carbons (Fsp3) is 0.125. The van der Waals surface area contributed by atoms with Gasteiger partial charge in [-0.1, -0.05) is 24.3 Å². The third kappa shape index (κ3) is 4.71. The number of hydrogen-bond acceptors (Lipinski definition) is 8. The number of carbonyl (C=O) groups excluding carboxylic acids is 2. The Morgan fingerprint density at radius 1 is 1.12 bits per heavy atom. The average molecular weight is 477 g/mol. The summed E-state index contributed by atoms with van der Waals surface area (Å²) in [5, 5.41) is 10.8. The van der Waals surface area contributed by atoms with Crippen LogP contribution in [0.25, 0.3) is 10.8 Å². The number of nitrogens with zero attached hydrogens (tertiary/aromatic N) is 3. The van der Waals surface area contributed by atoms with E-state index < -0.39 is 11.9 Å². The molecule has 1 N–H and O–H groups in total. The average Bonchev–Trinajstić information content (AvgIpc) is 3.40. The van der Waals surface area contributed by atoms with E-state index in [0.29, 0.717) is 33.5 Å². The summed E-state index contributed by atoms with van der Waals surface area (Å²) >= 11 is 1.28. The Morgan fingerprint density at radius 3 is 2.62 bits per heavy atom. The highest BCUT2D eigenvalue weighted by Crippen LogP contribution is 2.28. The lowest BCUT2D eigenvalue weighted by Gasteiger charge is -2.09. The molecule has 0 radical (unpaired) electrons. The molecule has 2 aromatic carbocycles.